The smallest absolute Gasteiger partial charge is 0.333 e. The molecule has 0 unspecified atom stereocenters. The average Bonchev–Trinajstić information content (AvgIpc) is 2.86. The van der Waals surface area contributed by atoms with Crippen molar-refractivity contribution in [2.24, 2.45) is 5.92 Å². The molecule has 4 amide bonds. The van der Waals surface area contributed by atoms with E-state index in [2.05, 4.69) is 11.2 Å². The van der Waals surface area contributed by atoms with Crippen LogP contribution in [0.5, 0.6) is 0 Å². The number of hydrogen-bond donors (Lipinski definition) is 1. The number of hydrazine groups is 1. The van der Waals surface area contributed by atoms with Crippen molar-refractivity contribution < 1.29 is 14.4 Å². The van der Waals surface area contributed by atoms with Crippen LogP contribution in [-0.2, 0) is 22.7 Å². The molecule has 2 fully saturated rings. The maximum Gasteiger partial charge on any atom is 0.334 e. The van der Waals surface area contributed by atoms with Crippen molar-refractivity contribution in [3.8, 4) is 12.3 Å². The summed E-state index contributed by atoms with van der Waals surface area (Å²) in [4.78, 5) is 43.7. The molecule has 10 heteroatoms. The zero-order chi connectivity index (χ0) is 26.7. The monoisotopic (exact) mass is 541 g/mol. The minimum absolute atomic E-state index is 0.0714. The van der Waals surface area contributed by atoms with Crippen molar-refractivity contribution in [2.45, 2.75) is 39.1 Å². The highest BCUT2D eigenvalue weighted by Crippen LogP contribution is 2.31. The number of carbonyl (C=O) groups is 3. The Bertz CT molecular complexity index is 1220. The van der Waals surface area contributed by atoms with Gasteiger partial charge in [0.05, 0.1) is 29.7 Å². The minimum Gasteiger partial charge on any atom is -0.333 e. The van der Waals surface area contributed by atoms with Gasteiger partial charge in [0.15, 0.2) is 0 Å². The van der Waals surface area contributed by atoms with E-state index in [1.165, 1.54) is 5.01 Å². The van der Waals surface area contributed by atoms with Gasteiger partial charge in [-0.05, 0) is 29.2 Å². The molecule has 0 aromatic heterocycles. The molecule has 4 rings (SSSR count). The van der Waals surface area contributed by atoms with E-state index in [-0.39, 0.29) is 43.9 Å². The molecule has 2 aliphatic rings. The van der Waals surface area contributed by atoms with Crippen molar-refractivity contribution in [2.75, 3.05) is 19.6 Å². The average molecular weight is 542 g/mol. The third kappa shape index (κ3) is 5.69. The number of rotatable bonds is 6. The Labute approximate surface area is 227 Å². The van der Waals surface area contributed by atoms with Crippen LogP contribution in [0.15, 0.2) is 48.5 Å². The van der Waals surface area contributed by atoms with Gasteiger partial charge in [-0.1, -0.05) is 79.4 Å². The quantitative estimate of drug-likeness (QED) is 0.567. The van der Waals surface area contributed by atoms with E-state index >= 15 is 0 Å². The van der Waals surface area contributed by atoms with E-state index in [0.717, 1.165) is 11.1 Å². The Morgan fingerprint density at radius 1 is 1.11 bits per heavy atom. The highest BCUT2D eigenvalue weighted by Gasteiger charge is 2.52. The van der Waals surface area contributed by atoms with Gasteiger partial charge in [-0.3, -0.25) is 9.59 Å². The minimum atomic E-state index is -0.730. The highest BCUT2D eigenvalue weighted by atomic mass is 35.5. The Kier molecular flexibility index (Phi) is 8.28. The number of piperazine rings is 1. The second-order valence-corrected chi connectivity index (χ2v) is 10.3. The Balaban J connectivity index is 1.66. The normalized spacial score (nSPS) is 20.2. The number of nitrogens with one attached hydrogen (secondary N) is 1. The van der Waals surface area contributed by atoms with E-state index in [9.17, 15) is 14.4 Å². The fourth-order valence-corrected chi connectivity index (χ4v) is 5.17. The van der Waals surface area contributed by atoms with E-state index < -0.39 is 18.2 Å². The van der Waals surface area contributed by atoms with Crippen LogP contribution in [0.4, 0.5) is 4.79 Å². The molecule has 8 nitrogen and oxygen atoms in total. The first kappa shape index (κ1) is 26.8. The highest BCUT2D eigenvalue weighted by molar-refractivity contribution is 6.42. The second-order valence-electron chi connectivity index (χ2n) is 9.45. The number of halogens is 2. The number of fused-ring (bicyclic) bond motifs is 1. The molecule has 0 aliphatic carbocycles. The molecular formula is C27H29Cl2N5O3. The van der Waals surface area contributed by atoms with Gasteiger partial charge >= 0.3 is 6.03 Å². The fourth-order valence-electron chi connectivity index (χ4n) is 4.85. The summed E-state index contributed by atoms with van der Waals surface area (Å²) in [6.45, 7) is 4.44. The molecule has 2 saturated heterocycles. The van der Waals surface area contributed by atoms with Crippen molar-refractivity contribution in [1.29, 1.82) is 0 Å². The van der Waals surface area contributed by atoms with Gasteiger partial charge in [-0.25, -0.2) is 9.80 Å². The summed E-state index contributed by atoms with van der Waals surface area (Å²) in [5.74, 6) is 1.94. The predicted octanol–water partition coefficient (Wildman–Crippen LogP) is 3.59. The van der Waals surface area contributed by atoms with E-state index in [1.54, 1.807) is 33.0 Å². The molecule has 1 N–H and O–H groups in total. The molecular weight excluding hydrogens is 513 g/mol. The van der Waals surface area contributed by atoms with Crippen LogP contribution in [0, 0.1) is 18.3 Å². The van der Waals surface area contributed by atoms with Gasteiger partial charge in [-0.15, -0.1) is 6.42 Å². The summed E-state index contributed by atoms with van der Waals surface area (Å²) in [6.07, 6.45) is 4.87. The molecule has 2 aromatic carbocycles. The Hall–Kier alpha value is -3.25. The molecule has 2 atom stereocenters. The lowest BCUT2D eigenvalue weighted by Gasteiger charge is -2.55. The standard InChI is InChI=1S/C27H29Cl2N5O3/c1-4-12-32-17-24(35)33-23(34(32)27(37)30-14-19-8-6-5-7-9-19)16-31(26(36)25(33)18(2)3)15-20-10-11-21(28)22(29)13-20/h1,5-11,13,18,23,25H,12,14-17H2,2-3H3,(H,30,37)/t23-,25-/m0/s1. The molecule has 2 heterocycles. The third-order valence-electron chi connectivity index (χ3n) is 6.52. The van der Waals surface area contributed by atoms with Crippen LogP contribution in [0.2, 0.25) is 10.0 Å². The van der Waals surface area contributed by atoms with Gasteiger partial charge in [0.25, 0.3) is 0 Å². The lowest BCUT2D eigenvalue weighted by molar-refractivity contribution is -0.192. The van der Waals surface area contributed by atoms with Crippen LogP contribution < -0.4 is 5.32 Å². The van der Waals surface area contributed by atoms with Crippen molar-refractivity contribution in [1.82, 2.24) is 25.1 Å². The van der Waals surface area contributed by atoms with Crippen LogP contribution in [0.25, 0.3) is 0 Å². The van der Waals surface area contributed by atoms with Gasteiger partial charge in [-0.2, -0.15) is 5.01 Å². The van der Waals surface area contributed by atoms with Crippen molar-refractivity contribution >= 4 is 41.0 Å². The molecule has 0 saturated carbocycles. The van der Waals surface area contributed by atoms with Crippen LogP contribution in [0.3, 0.4) is 0 Å². The number of amides is 4. The number of benzene rings is 2. The molecule has 0 bridgehead atoms. The van der Waals surface area contributed by atoms with E-state index in [0.29, 0.717) is 16.6 Å². The Morgan fingerprint density at radius 2 is 1.84 bits per heavy atom. The first-order valence-corrected chi connectivity index (χ1v) is 12.8. The SMILES string of the molecule is C#CCN1CC(=O)N2[C@@H](C(C)C)C(=O)N(Cc3ccc(Cl)c(Cl)c3)C[C@@H]2N1C(=O)NCc1ccccc1. The molecule has 0 spiro atoms. The topological polar surface area (TPSA) is 76.2 Å². The first-order valence-electron chi connectivity index (χ1n) is 12.0. The summed E-state index contributed by atoms with van der Waals surface area (Å²) >= 11 is 12.3. The summed E-state index contributed by atoms with van der Waals surface area (Å²) < 4.78 is 0. The summed E-state index contributed by atoms with van der Waals surface area (Å²) in [7, 11) is 0. The van der Waals surface area contributed by atoms with Gasteiger partial charge in [0.2, 0.25) is 11.8 Å². The number of terminal acetylenes is 1. The fraction of sp³-hybridized carbons (Fsp3) is 0.370. The third-order valence-corrected chi connectivity index (χ3v) is 7.26. The number of nitrogens with zero attached hydrogens (tertiary/aromatic N) is 4. The zero-order valence-corrected chi connectivity index (χ0v) is 22.2. The van der Waals surface area contributed by atoms with Gasteiger partial charge < -0.3 is 15.1 Å². The van der Waals surface area contributed by atoms with Crippen LogP contribution in [0.1, 0.15) is 25.0 Å². The van der Waals surface area contributed by atoms with Gasteiger partial charge in [0, 0.05) is 13.1 Å². The molecule has 194 valence electrons. The Morgan fingerprint density at radius 3 is 2.49 bits per heavy atom. The summed E-state index contributed by atoms with van der Waals surface area (Å²) in [5, 5.41) is 6.81. The maximum absolute atomic E-state index is 13.6. The maximum atomic E-state index is 13.6. The largest absolute Gasteiger partial charge is 0.334 e. The predicted molar refractivity (Wildman–Crippen MR) is 142 cm³/mol. The lowest BCUT2D eigenvalue weighted by atomic mass is 9.95. The van der Waals surface area contributed by atoms with Gasteiger partial charge in [0.1, 0.15) is 12.2 Å². The summed E-state index contributed by atoms with van der Waals surface area (Å²) in [5.41, 5.74) is 1.73. The zero-order valence-electron chi connectivity index (χ0n) is 20.7. The number of hydrogen-bond acceptors (Lipinski definition) is 4. The molecule has 37 heavy (non-hydrogen) atoms. The second kappa shape index (κ2) is 11.4. The number of urea groups is 1. The van der Waals surface area contributed by atoms with Crippen molar-refractivity contribution in [3.05, 3.63) is 69.7 Å². The summed E-state index contributed by atoms with van der Waals surface area (Å²) in [6, 6.07) is 13.6. The molecule has 0 radical (unpaired) electrons. The molecule has 2 aliphatic heterocycles. The van der Waals surface area contributed by atoms with Crippen LogP contribution in [-0.4, -0.2) is 69.5 Å². The van der Waals surface area contributed by atoms with E-state index in [1.807, 2.05) is 44.2 Å². The lowest BCUT2D eigenvalue weighted by Crippen LogP contribution is -2.77. The first-order chi connectivity index (χ1) is 17.7. The van der Waals surface area contributed by atoms with Crippen LogP contribution >= 0.6 is 23.2 Å². The number of carbonyl (C=O) groups excluding carboxylic acids is 3. The van der Waals surface area contributed by atoms with Crippen molar-refractivity contribution in [3.63, 3.8) is 0 Å². The van der Waals surface area contributed by atoms with E-state index in [4.69, 9.17) is 29.6 Å². The molecule has 2 aromatic rings.